The summed E-state index contributed by atoms with van der Waals surface area (Å²) in [6, 6.07) is 44.5. The number of rotatable bonds is 5. The fraction of sp³-hybridized carbons (Fsp3) is 0. The third kappa shape index (κ3) is 4.69. The average molecular weight is 593 g/mol. The van der Waals surface area contributed by atoms with Crippen molar-refractivity contribution in [3.8, 4) is 22.6 Å². The molecular formula is C28H19N3Pt. The van der Waals surface area contributed by atoms with Crippen LogP contribution >= 0.6 is 0 Å². The van der Waals surface area contributed by atoms with Crippen LogP contribution in [0.3, 0.4) is 0 Å². The van der Waals surface area contributed by atoms with E-state index in [0.717, 1.165) is 39.8 Å². The van der Waals surface area contributed by atoms with Crippen molar-refractivity contribution in [2.75, 3.05) is 4.90 Å². The van der Waals surface area contributed by atoms with Gasteiger partial charge in [-0.1, -0.05) is 42.1 Å². The van der Waals surface area contributed by atoms with Crippen LogP contribution in [0.25, 0.3) is 22.6 Å². The van der Waals surface area contributed by atoms with Crippen LogP contribution < -0.4 is 4.90 Å². The molecule has 0 aliphatic carbocycles. The zero-order valence-corrected chi connectivity index (χ0v) is 19.4. The summed E-state index contributed by atoms with van der Waals surface area (Å²) < 4.78 is 0. The molecule has 0 amide bonds. The second-order valence-electron chi connectivity index (χ2n) is 6.98. The van der Waals surface area contributed by atoms with Crippen molar-refractivity contribution in [2.24, 2.45) is 0 Å². The number of anilines is 3. The molecule has 32 heavy (non-hydrogen) atoms. The van der Waals surface area contributed by atoms with Gasteiger partial charge in [-0.05, 0) is 36.0 Å². The van der Waals surface area contributed by atoms with E-state index in [1.165, 1.54) is 0 Å². The molecule has 0 N–H and O–H groups in total. The Bertz CT molecular complexity index is 1240. The normalized spacial score (nSPS) is 10.2. The second kappa shape index (κ2) is 10.2. The van der Waals surface area contributed by atoms with Crippen molar-refractivity contribution in [3.63, 3.8) is 0 Å². The second-order valence-corrected chi connectivity index (χ2v) is 6.98. The SMILES string of the molecule is [Pt+2].[c-]1ccccc1-c1cccc(-c2cccc(N(c3[c-]cccc3)c3ccccc3)n2)n1. The molecule has 4 heteroatoms. The Balaban J connectivity index is 0.00000245. The number of nitrogens with zero attached hydrogens (tertiary/aromatic N) is 3. The Morgan fingerprint density at radius 3 is 1.91 bits per heavy atom. The summed E-state index contributed by atoms with van der Waals surface area (Å²) in [5.41, 5.74) is 5.43. The predicted octanol–water partition coefficient (Wildman–Crippen LogP) is 6.88. The van der Waals surface area contributed by atoms with E-state index in [0.29, 0.717) is 0 Å². The van der Waals surface area contributed by atoms with Crippen LogP contribution in [0.5, 0.6) is 0 Å². The first-order valence-electron chi connectivity index (χ1n) is 10.1. The van der Waals surface area contributed by atoms with Gasteiger partial charge in [-0.3, -0.25) is 4.98 Å². The fourth-order valence-electron chi connectivity index (χ4n) is 3.47. The maximum Gasteiger partial charge on any atom is 2.00 e. The van der Waals surface area contributed by atoms with Crippen LogP contribution in [-0.4, -0.2) is 9.97 Å². The summed E-state index contributed by atoms with van der Waals surface area (Å²) in [7, 11) is 0. The number of benzene rings is 3. The van der Waals surface area contributed by atoms with Crippen LogP contribution in [0.15, 0.2) is 115 Å². The summed E-state index contributed by atoms with van der Waals surface area (Å²) in [4.78, 5) is 11.9. The van der Waals surface area contributed by atoms with E-state index in [2.05, 4.69) is 29.2 Å². The first-order chi connectivity index (χ1) is 15.4. The number of hydrogen-bond acceptors (Lipinski definition) is 3. The van der Waals surface area contributed by atoms with E-state index in [4.69, 9.17) is 9.97 Å². The predicted molar refractivity (Wildman–Crippen MR) is 125 cm³/mol. The van der Waals surface area contributed by atoms with E-state index >= 15 is 0 Å². The molecule has 0 saturated heterocycles. The molecule has 3 nitrogen and oxygen atoms in total. The van der Waals surface area contributed by atoms with Crippen molar-refractivity contribution in [1.82, 2.24) is 9.97 Å². The summed E-state index contributed by atoms with van der Waals surface area (Å²) >= 11 is 0. The minimum Gasteiger partial charge on any atom is -0.319 e. The van der Waals surface area contributed by atoms with E-state index in [1.54, 1.807) is 0 Å². The van der Waals surface area contributed by atoms with Gasteiger partial charge in [0.15, 0.2) is 0 Å². The van der Waals surface area contributed by atoms with Crippen molar-refractivity contribution in [3.05, 3.63) is 127 Å². The molecule has 5 aromatic rings. The Morgan fingerprint density at radius 1 is 0.531 bits per heavy atom. The fourth-order valence-corrected chi connectivity index (χ4v) is 3.47. The van der Waals surface area contributed by atoms with Crippen LogP contribution in [0, 0.1) is 12.1 Å². The zero-order chi connectivity index (χ0) is 20.9. The van der Waals surface area contributed by atoms with Crippen LogP contribution in [0.2, 0.25) is 0 Å². The van der Waals surface area contributed by atoms with Crippen molar-refractivity contribution < 1.29 is 21.1 Å². The largest absolute Gasteiger partial charge is 2.00 e. The molecule has 0 spiro atoms. The van der Waals surface area contributed by atoms with Gasteiger partial charge in [0, 0.05) is 5.69 Å². The minimum atomic E-state index is 0. The first-order valence-corrected chi connectivity index (χ1v) is 10.1. The molecule has 0 aliphatic heterocycles. The minimum absolute atomic E-state index is 0. The van der Waals surface area contributed by atoms with Gasteiger partial charge >= 0.3 is 21.1 Å². The van der Waals surface area contributed by atoms with Crippen LogP contribution in [0.1, 0.15) is 0 Å². The van der Waals surface area contributed by atoms with Crippen molar-refractivity contribution >= 4 is 17.2 Å². The van der Waals surface area contributed by atoms with Gasteiger partial charge in [0.2, 0.25) is 0 Å². The van der Waals surface area contributed by atoms with Gasteiger partial charge in [0.25, 0.3) is 0 Å². The first kappa shape index (κ1) is 21.7. The molecule has 0 fully saturated rings. The van der Waals surface area contributed by atoms with E-state index in [1.807, 2.05) is 103 Å². The topological polar surface area (TPSA) is 29.0 Å². The Labute approximate surface area is 202 Å². The van der Waals surface area contributed by atoms with Gasteiger partial charge in [-0.15, -0.1) is 42.0 Å². The van der Waals surface area contributed by atoms with Gasteiger partial charge in [-0.25, -0.2) is 4.98 Å². The zero-order valence-electron chi connectivity index (χ0n) is 17.1. The summed E-state index contributed by atoms with van der Waals surface area (Å²) in [6.07, 6.45) is 0. The molecule has 3 aromatic carbocycles. The maximum atomic E-state index is 4.96. The summed E-state index contributed by atoms with van der Waals surface area (Å²) in [5.74, 6) is 0.810. The van der Waals surface area contributed by atoms with Gasteiger partial charge < -0.3 is 4.90 Å². The molecule has 5 rings (SSSR count). The molecule has 0 atom stereocenters. The quantitative estimate of drug-likeness (QED) is 0.209. The van der Waals surface area contributed by atoms with Gasteiger partial charge in [-0.2, -0.15) is 24.3 Å². The van der Waals surface area contributed by atoms with Crippen LogP contribution in [-0.2, 0) is 21.1 Å². The van der Waals surface area contributed by atoms with Crippen molar-refractivity contribution in [1.29, 1.82) is 0 Å². The standard InChI is InChI=1S/C28H19N3.Pt/c1-4-12-22(13-5-1)25-18-10-19-26(29-25)27-20-11-21-28(30-27)31(23-14-6-2-7-15-23)24-16-8-3-9-17-24;/h1-12,14-16,18-21H;/q-2;+2. The molecule has 2 heterocycles. The summed E-state index contributed by atoms with van der Waals surface area (Å²) in [5, 5.41) is 0. The molecule has 2 aromatic heterocycles. The molecular weight excluding hydrogens is 573 g/mol. The molecule has 156 valence electrons. The van der Waals surface area contributed by atoms with E-state index < -0.39 is 0 Å². The smallest absolute Gasteiger partial charge is 0.319 e. The molecule has 0 bridgehead atoms. The monoisotopic (exact) mass is 592 g/mol. The molecule has 0 unspecified atom stereocenters. The molecule has 0 saturated carbocycles. The Kier molecular flexibility index (Phi) is 6.89. The van der Waals surface area contributed by atoms with E-state index in [-0.39, 0.29) is 21.1 Å². The van der Waals surface area contributed by atoms with Crippen molar-refractivity contribution in [2.45, 2.75) is 0 Å². The average Bonchev–Trinajstić information content (AvgIpc) is 2.86. The molecule has 0 radical (unpaired) electrons. The van der Waals surface area contributed by atoms with Gasteiger partial charge in [0.05, 0.1) is 11.4 Å². The number of pyridine rings is 2. The van der Waals surface area contributed by atoms with Gasteiger partial charge in [0.1, 0.15) is 5.82 Å². The number of hydrogen-bond donors (Lipinski definition) is 0. The summed E-state index contributed by atoms with van der Waals surface area (Å²) in [6.45, 7) is 0. The Morgan fingerprint density at radius 2 is 1.19 bits per heavy atom. The Hall–Kier alpha value is -3.55. The third-order valence-corrected chi connectivity index (χ3v) is 4.91. The number of aromatic nitrogens is 2. The van der Waals surface area contributed by atoms with Crippen LogP contribution in [0.4, 0.5) is 17.2 Å². The van der Waals surface area contributed by atoms with E-state index in [9.17, 15) is 0 Å². The number of para-hydroxylation sites is 2. The third-order valence-electron chi connectivity index (χ3n) is 4.91. The molecule has 0 aliphatic rings. The maximum absolute atomic E-state index is 4.96.